The molecule has 0 saturated heterocycles. The van der Waals surface area contributed by atoms with E-state index in [2.05, 4.69) is 20.8 Å². The highest BCUT2D eigenvalue weighted by molar-refractivity contribution is 7.99. The first-order valence-electron chi connectivity index (χ1n) is 8.38. The summed E-state index contributed by atoms with van der Waals surface area (Å²) >= 11 is 1.18. The van der Waals surface area contributed by atoms with Gasteiger partial charge in [-0.25, -0.2) is 9.18 Å². The van der Waals surface area contributed by atoms with E-state index in [1.165, 1.54) is 17.8 Å². The summed E-state index contributed by atoms with van der Waals surface area (Å²) in [6.45, 7) is 3.61. The second-order valence-electron chi connectivity index (χ2n) is 6.35. The van der Waals surface area contributed by atoms with Crippen molar-refractivity contribution in [3.8, 4) is 11.4 Å². The number of nitrogens with zero attached hydrogens (tertiary/aromatic N) is 3. The number of aromatic nitrogens is 3. The Bertz CT molecular complexity index is 819. The number of amides is 3. The molecule has 3 rings (SSSR count). The maximum absolute atomic E-state index is 14.1. The highest BCUT2D eigenvalue weighted by Gasteiger charge is 2.31. The summed E-state index contributed by atoms with van der Waals surface area (Å²) in [4.78, 5) is 23.5. The van der Waals surface area contributed by atoms with Gasteiger partial charge in [0.25, 0.3) is 0 Å². The number of hydrogen-bond donors (Lipinski definition) is 2. The normalized spacial score (nSPS) is 13.7. The van der Waals surface area contributed by atoms with E-state index in [-0.39, 0.29) is 23.7 Å². The number of carbonyl (C=O) groups is 2. The molecule has 1 aromatic heterocycles. The Labute approximate surface area is 154 Å². The molecule has 2 N–H and O–H groups in total. The Kier molecular flexibility index (Phi) is 5.55. The van der Waals surface area contributed by atoms with E-state index in [4.69, 9.17) is 0 Å². The minimum Gasteiger partial charge on any atom is -0.336 e. The molecule has 7 nitrogen and oxygen atoms in total. The maximum atomic E-state index is 14.1. The summed E-state index contributed by atoms with van der Waals surface area (Å²) in [6, 6.07) is 6.05. The summed E-state index contributed by atoms with van der Waals surface area (Å²) < 4.78 is 16.0. The van der Waals surface area contributed by atoms with Crippen LogP contribution < -0.4 is 10.6 Å². The number of halogens is 1. The van der Waals surface area contributed by atoms with Crippen LogP contribution in [-0.4, -0.2) is 38.5 Å². The molecule has 0 radical (unpaired) electrons. The van der Waals surface area contributed by atoms with Crippen LogP contribution in [0.4, 0.5) is 9.18 Å². The Morgan fingerprint density at radius 1 is 1.31 bits per heavy atom. The summed E-state index contributed by atoms with van der Waals surface area (Å²) in [6.07, 6.45) is 1.94. The molecule has 138 valence electrons. The van der Waals surface area contributed by atoms with E-state index in [1.54, 1.807) is 32.0 Å². The van der Waals surface area contributed by atoms with Gasteiger partial charge in [-0.2, -0.15) is 0 Å². The number of urea groups is 1. The van der Waals surface area contributed by atoms with Crippen LogP contribution in [0.5, 0.6) is 0 Å². The average Bonchev–Trinajstić information content (AvgIpc) is 3.32. The van der Waals surface area contributed by atoms with Crippen LogP contribution in [0.15, 0.2) is 29.4 Å². The van der Waals surface area contributed by atoms with Gasteiger partial charge < -0.3 is 5.32 Å². The van der Waals surface area contributed by atoms with Crippen LogP contribution in [0, 0.1) is 5.82 Å². The largest absolute Gasteiger partial charge is 0.336 e. The van der Waals surface area contributed by atoms with E-state index in [9.17, 15) is 14.0 Å². The minimum atomic E-state index is -0.527. The summed E-state index contributed by atoms with van der Waals surface area (Å²) in [7, 11) is 0. The van der Waals surface area contributed by atoms with Gasteiger partial charge in [0.05, 0.1) is 11.3 Å². The number of benzene rings is 1. The molecule has 9 heteroatoms. The van der Waals surface area contributed by atoms with Gasteiger partial charge in [-0.05, 0) is 38.8 Å². The van der Waals surface area contributed by atoms with Crippen LogP contribution in [0.25, 0.3) is 11.4 Å². The van der Waals surface area contributed by atoms with E-state index in [0.717, 1.165) is 12.8 Å². The van der Waals surface area contributed by atoms with Crippen molar-refractivity contribution in [2.45, 2.75) is 43.9 Å². The van der Waals surface area contributed by atoms with Gasteiger partial charge in [0.15, 0.2) is 11.0 Å². The number of nitrogens with one attached hydrogen (secondary N) is 2. The molecule has 0 unspecified atom stereocenters. The summed E-state index contributed by atoms with van der Waals surface area (Å²) in [5.74, 6) is -0.299. The zero-order valence-corrected chi connectivity index (χ0v) is 15.3. The lowest BCUT2D eigenvalue weighted by Gasteiger charge is -2.10. The smallest absolute Gasteiger partial charge is 0.321 e. The Hall–Kier alpha value is -2.42. The van der Waals surface area contributed by atoms with E-state index in [1.807, 2.05) is 4.57 Å². The topological polar surface area (TPSA) is 88.9 Å². The van der Waals surface area contributed by atoms with Gasteiger partial charge in [0, 0.05) is 12.1 Å². The quantitative estimate of drug-likeness (QED) is 0.756. The van der Waals surface area contributed by atoms with Gasteiger partial charge >= 0.3 is 6.03 Å². The van der Waals surface area contributed by atoms with Crippen molar-refractivity contribution < 1.29 is 14.0 Å². The number of imide groups is 1. The van der Waals surface area contributed by atoms with Crippen LogP contribution in [0.3, 0.4) is 0 Å². The van der Waals surface area contributed by atoms with Crippen molar-refractivity contribution in [1.82, 2.24) is 25.4 Å². The standard InChI is InChI=1S/C17H20FN5O2S/c1-10(2)19-16(25)20-14(24)9-26-17-22-21-15(23(17)11-7-8-11)12-5-3-4-6-13(12)18/h3-6,10-11H,7-9H2,1-2H3,(H2,19,20,24,25). The molecule has 1 fully saturated rings. The second-order valence-corrected chi connectivity index (χ2v) is 7.29. The zero-order valence-electron chi connectivity index (χ0n) is 14.5. The van der Waals surface area contributed by atoms with Crippen molar-refractivity contribution in [1.29, 1.82) is 0 Å². The molecule has 0 bridgehead atoms. The van der Waals surface area contributed by atoms with E-state index < -0.39 is 11.9 Å². The fraction of sp³-hybridized carbons (Fsp3) is 0.412. The van der Waals surface area contributed by atoms with Gasteiger partial charge in [-0.3, -0.25) is 14.7 Å². The lowest BCUT2D eigenvalue weighted by atomic mass is 10.2. The lowest BCUT2D eigenvalue weighted by Crippen LogP contribution is -2.43. The monoisotopic (exact) mass is 377 g/mol. The second kappa shape index (κ2) is 7.86. The molecule has 0 atom stereocenters. The summed E-state index contributed by atoms with van der Waals surface area (Å²) in [5.41, 5.74) is 0.388. The summed E-state index contributed by atoms with van der Waals surface area (Å²) in [5, 5.41) is 13.7. The van der Waals surface area contributed by atoms with Gasteiger partial charge in [0.2, 0.25) is 5.91 Å². The molecule has 1 aliphatic rings. The highest BCUT2D eigenvalue weighted by Crippen LogP contribution is 2.41. The number of carbonyl (C=O) groups excluding carboxylic acids is 2. The molecule has 0 spiro atoms. The molecule has 26 heavy (non-hydrogen) atoms. The number of thioether (sulfide) groups is 1. The van der Waals surface area contributed by atoms with Crippen molar-refractivity contribution in [3.63, 3.8) is 0 Å². The third-order valence-corrected chi connectivity index (χ3v) is 4.64. The number of hydrogen-bond acceptors (Lipinski definition) is 5. The fourth-order valence-corrected chi connectivity index (χ4v) is 3.26. The molecule has 3 amide bonds. The highest BCUT2D eigenvalue weighted by atomic mass is 32.2. The maximum Gasteiger partial charge on any atom is 0.321 e. The zero-order chi connectivity index (χ0) is 18.7. The Morgan fingerprint density at radius 3 is 2.69 bits per heavy atom. The molecule has 0 aliphatic heterocycles. The van der Waals surface area contributed by atoms with Crippen molar-refractivity contribution in [2.75, 3.05) is 5.75 Å². The van der Waals surface area contributed by atoms with Gasteiger partial charge in [-0.1, -0.05) is 23.9 Å². The lowest BCUT2D eigenvalue weighted by molar-refractivity contribution is -0.117. The predicted molar refractivity (Wildman–Crippen MR) is 96.2 cm³/mol. The van der Waals surface area contributed by atoms with Crippen LogP contribution in [-0.2, 0) is 4.79 Å². The third-order valence-electron chi connectivity index (χ3n) is 3.70. The fourth-order valence-electron chi connectivity index (χ4n) is 2.45. The van der Waals surface area contributed by atoms with Crippen molar-refractivity contribution >= 4 is 23.7 Å². The van der Waals surface area contributed by atoms with Gasteiger partial charge in [-0.15, -0.1) is 10.2 Å². The number of rotatable bonds is 6. The predicted octanol–water partition coefficient (Wildman–Crippen LogP) is 2.75. The average molecular weight is 377 g/mol. The van der Waals surface area contributed by atoms with Crippen LogP contribution in [0.1, 0.15) is 32.7 Å². The SMILES string of the molecule is CC(C)NC(=O)NC(=O)CSc1nnc(-c2ccccc2F)n1C1CC1. The van der Waals surface area contributed by atoms with E-state index >= 15 is 0 Å². The minimum absolute atomic E-state index is 0.0215. The van der Waals surface area contributed by atoms with Crippen LogP contribution in [0.2, 0.25) is 0 Å². The molecule has 1 aliphatic carbocycles. The van der Waals surface area contributed by atoms with Crippen molar-refractivity contribution in [2.24, 2.45) is 0 Å². The van der Waals surface area contributed by atoms with Crippen LogP contribution >= 0.6 is 11.8 Å². The first kappa shape index (κ1) is 18.4. The van der Waals surface area contributed by atoms with E-state index in [0.29, 0.717) is 16.5 Å². The third kappa shape index (κ3) is 4.40. The van der Waals surface area contributed by atoms with Crippen molar-refractivity contribution in [3.05, 3.63) is 30.1 Å². The molecular formula is C17H20FN5O2S. The molecule has 1 heterocycles. The Morgan fingerprint density at radius 2 is 2.04 bits per heavy atom. The molecule has 2 aromatic rings. The first-order valence-corrected chi connectivity index (χ1v) is 9.37. The molecular weight excluding hydrogens is 357 g/mol. The molecule has 1 saturated carbocycles. The first-order chi connectivity index (χ1) is 12.5. The Balaban J connectivity index is 1.70. The molecule has 1 aromatic carbocycles. The van der Waals surface area contributed by atoms with Gasteiger partial charge in [0.1, 0.15) is 5.82 Å².